The van der Waals surface area contributed by atoms with Crippen molar-refractivity contribution in [1.82, 2.24) is 0 Å². The van der Waals surface area contributed by atoms with Gasteiger partial charge in [0, 0.05) is 5.69 Å². The molecule has 6 heteroatoms. The highest BCUT2D eigenvalue weighted by molar-refractivity contribution is 6.51. The van der Waals surface area contributed by atoms with Gasteiger partial charge in [-0.15, -0.1) is 0 Å². The Kier molecular flexibility index (Phi) is 5.45. The molecule has 3 aromatic rings. The van der Waals surface area contributed by atoms with Crippen LogP contribution >= 0.6 is 0 Å². The molecule has 2 N–H and O–H groups in total. The summed E-state index contributed by atoms with van der Waals surface area (Å²) >= 11 is 0. The third-order valence-corrected chi connectivity index (χ3v) is 5.55. The van der Waals surface area contributed by atoms with Gasteiger partial charge in [-0.25, -0.2) is 0 Å². The number of methoxy groups -OCH3 is 1. The van der Waals surface area contributed by atoms with E-state index in [1.165, 1.54) is 24.1 Å². The first-order chi connectivity index (χ1) is 15.3. The Morgan fingerprint density at radius 2 is 1.62 bits per heavy atom. The van der Waals surface area contributed by atoms with Crippen LogP contribution in [0.2, 0.25) is 0 Å². The zero-order valence-electron chi connectivity index (χ0n) is 18.0. The number of aromatic hydroxyl groups is 1. The summed E-state index contributed by atoms with van der Waals surface area (Å²) in [6.45, 7) is 3.78. The summed E-state index contributed by atoms with van der Waals surface area (Å²) in [6.07, 6.45) is 0. The van der Waals surface area contributed by atoms with E-state index in [4.69, 9.17) is 4.74 Å². The van der Waals surface area contributed by atoms with E-state index in [0.717, 1.165) is 11.1 Å². The Bertz CT molecular complexity index is 1240. The zero-order chi connectivity index (χ0) is 23.0. The van der Waals surface area contributed by atoms with Gasteiger partial charge in [-0.05, 0) is 55.8 Å². The second-order valence-corrected chi connectivity index (χ2v) is 7.80. The Labute approximate surface area is 186 Å². The number of phenolic OH excluding ortho intramolecular Hbond substituents is 1. The third kappa shape index (κ3) is 3.60. The average molecular weight is 429 g/mol. The number of aliphatic hydroxyl groups is 1. The second-order valence-electron chi connectivity index (χ2n) is 7.80. The number of ketones is 1. The first kappa shape index (κ1) is 21.2. The lowest BCUT2D eigenvalue weighted by Gasteiger charge is -2.25. The van der Waals surface area contributed by atoms with Gasteiger partial charge < -0.3 is 14.9 Å². The molecule has 0 aliphatic carbocycles. The minimum atomic E-state index is -0.921. The summed E-state index contributed by atoms with van der Waals surface area (Å²) in [5, 5.41) is 21.4. The van der Waals surface area contributed by atoms with Crippen LogP contribution in [-0.2, 0) is 9.59 Å². The van der Waals surface area contributed by atoms with Crippen LogP contribution in [0, 0.1) is 13.8 Å². The highest BCUT2D eigenvalue weighted by Crippen LogP contribution is 2.43. The number of aryl methyl sites for hydroxylation is 2. The number of carbonyl (C=O) groups is 2. The number of hydrogen-bond acceptors (Lipinski definition) is 5. The largest absolute Gasteiger partial charge is 0.508 e. The summed E-state index contributed by atoms with van der Waals surface area (Å²) < 4.78 is 5.38. The van der Waals surface area contributed by atoms with E-state index in [0.29, 0.717) is 22.6 Å². The molecule has 4 rings (SSSR count). The maximum absolute atomic E-state index is 13.2. The molecule has 0 aromatic heterocycles. The Morgan fingerprint density at radius 1 is 0.938 bits per heavy atom. The predicted octanol–water partition coefficient (Wildman–Crippen LogP) is 4.64. The summed E-state index contributed by atoms with van der Waals surface area (Å²) in [7, 11) is 1.47. The van der Waals surface area contributed by atoms with Crippen molar-refractivity contribution in [2.75, 3.05) is 12.0 Å². The normalized spacial score (nSPS) is 17.6. The van der Waals surface area contributed by atoms with E-state index < -0.39 is 17.7 Å². The Balaban J connectivity index is 1.99. The molecule has 6 nitrogen and oxygen atoms in total. The molecule has 1 aliphatic heterocycles. The van der Waals surface area contributed by atoms with E-state index in [9.17, 15) is 19.8 Å². The van der Waals surface area contributed by atoms with E-state index in [1.54, 1.807) is 36.4 Å². The topological polar surface area (TPSA) is 87.1 Å². The van der Waals surface area contributed by atoms with Gasteiger partial charge in [-0.1, -0.05) is 41.5 Å². The zero-order valence-corrected chi connectivity index (χ0v) is 18.0. The number of amides is 1. The van der Waals surface area contributed by atoms with Gasteiger partial charge >= 0.3 is 0 Å². The van der Waals surface area contributed by atoms with Crippen molar-refractivity contribution in [3.8, 4) is 11.5 Å². The predicted molar refractivity (Wildman–Crippen MR) is 122 cm³/mol. The van der Waals surface area contributed by atoms with E-state index in [2.05, 4.69) is 0 Å². The summed E-state index contributed by atoms with van der Waals surface area (Å²) in [6, 6.07) is 17.8. The molecule has 0 spiro atoms. The number of carbonyl (C=O) groups excluding carboxylic acids is 2. The number of anilines is 1. The summed E-state index contributed by atoms with van der Waals surface area (Å²) in [4.78, 5) is 27.7. The standard InChI is InChI=1S/C26H23NO5/c1-15-7-10-18(11-8-15)27-23(17-5-4-6-19(28)14-17)22(25(30)26(27)31)24(29)20-13-16(2)9-12-21(20)32-3/h4-14,23,28-29H,1-3H3/b24-22+. The fourth-order valence-corrected chi connectivity index (χ4v) is 3.97. The number of phenols is 1. The summed E-state index contributed by atoms with van der Waals surface area (Å²) in [5.74, 6) is -1.52. The smallest absolute Gasteiger partial charge is 0.300 e. The Morgan fingerprint density at radius 3 is 2.28 bits per heavy atom. The summed E-state index contributed by atoms with van der Waals surface area (Å²) in [5.41, 5.74) is 3.13. The maximum Gasteiger partial charge on any atom is 0.300 e. The monoisotopic (exact) mass is 429 g/mol. The van der Waals surface area contributed by atoms with Crippen LogP contribution in [0.5, 0.6) is 11.5 Å². The van der Waals surface area contributed by atoms with Crippen LogP contribution in [0.1, 0.15) is 28.3 Å². The van der Waals surface area contributed by atoms with Crippen molar-refractivity contribution < 1.29 is 24.5 Å². The van der Waals surface area contributed by atoms with Crippen LogP contribution in [0.3, 0.4) is 0 Å². The number of rotatable bonds is 4. The van der Waals surface area contributed by atoms with E-state index >= 15 is 0 Å². The SMILES string of the molecule is COc1ccc(C)cc1/C(O)=C1\C(=O)C(=O)N(c2ccc(C)cc2)C1c1cccc(O)c1. The molecule has 1 amide bonds. The van der Waals surface area contributed by atoms with E-state index in [1.807, 2.05) is 32.0 Å². The third-order valence-electron chi connectivity index (χ3n) is 5.55. The van der Waals surface area contributed by atoms with Crippen molar-refractivity contribution in [2.45, 2.75) is 19.9 Å². The number of Topliss-reactive ketones (excluding diaryl/α,β-unsaturated/α-hetero) is 1. The first-order valence-electron chi connectivity index (χ1n) is 10.1. The van der Waals surface area contributed by atoms with Crippen LogP contribution in [0.15, 0.2) is 72.3 Å². The van der Waals surface area contributed by atoms with Crippen molar-refractivity contribution in [1.29, 1.82) is 0 Å². The van der Waals surface area contributed by atoms with Crippen molar-refractivity contribution in [3.63, 3.8) is 0 Å². The highest BCUT2D eigenvalue weighted by Gasteiger charge is 2.47. The number of benzene rings is 3. The van der Waals surface area contributed by atoms with Gasteiger partial charge in [0.15, 0.2) is 0 Å². The molecule has 1 atom stereocenters. The molecule has 0 saturated carbocycles. The molecule has 1 unspecified atom stereocenters. The molecular weight excluding hydrogens is 406 g/mol. The lowest BCUT2D eigenvalue weighted by molar-refractivity contribution is -0.132. The molecule has 162 valence electrons. The molecule has 0 radical (unpaired) electrons. The second kappa shape index (κ2) is 8.23. The van der Waals surface area contributed by atoms with Gasteiger partial charge in [-0.2, -0.15) is 0 Å². The molecule has 1 heterocycles. The lowest BCUT2D eigenvalue weighted by atomic mass is 9.94. The van der Waals surface area contributed by atoms with Gasteiger partial charge in [-0.3, -0.25) is 14.5 Å². The number of hydrogen-bond donors (Lipinski definition) is 2. The highest BCUT2D eigenvalue weighted by atomic mass is 16.5. The van der Waals surface area contributed by atoms with Crippen LogP contribution in [0.25, 0.3) is 5.76 Å². The van der Waals surface area contributed by atoms with Crippen LogP contribution in [-0.4, -0.2) is 29.0 Å². The molecular formula is C26H23NO5. The average Bonchev–Trinajstić information content (AvgIpc) is 3.04. The minimum Gasteiger partial charge on any atom is -0.508 e. The van der Waals surface area contributed by atoms with Gasteiger partial charge in [0.25, 0.3) is 11.7 Å². The fourth-order valence-electron chi connectivity index (χ4n) is 3.97. The van der Waals surface area contributed by atoms with Crippen molar-refractivity contribution in [2.24, 2.45) is 0 Å². The molecule has 3 aromatic carbocycles. The Hall–Kier alpha value is -4.06. The molecule has 1 fully saturated rings. The van der Waals surface area contributed by atoms with Crippen molar-refractivity contribution in [3.05, 3.63) is 94.6 Å². The number of ether oxygens (including phenoxy) is 1. The van der Waals surface area contributed by atoms with E-state index in [-0.39, 0.29) is 17.1 Å². The molecule has 32 heavy (non-hydrogen) atoms. The van der Waals surface area contributed by atoms with Crippen LogP contribution < -0.4 is 9.64 Å². The fraction of sp³-hybridized carbons (Fsp3) is 0.154. The van der Waals surface area contributed by atoms with Crippen LogP contribution in [0.4, 0.5) is 5.69 Å². The minimum absolute atomic E-state index is 0.00914. The molecule has 0 bridgehead atoms. The van der Waals surface area contributed by atoms with Crippen molar-refractivity contribution >= 4 is 23.1 Å². The molecule has 1 saturated heterocycles. The lowest BCUT2D eigenvalue weighted by Crippen LogP contribution is -2.29. The first-order valence-corrected chi connectivity index (χ1v) is 10.1. The number of aliphatic hydroxyl groups excluding tert-OH is 1. The molecule has 1 aliphatic rings. The van der Waals surface area contributed by atoms with Gasteiger partial charge in [0.1, 0.15) is 17.3 Å². The quantitative estimate of drug-likeness (QED) is 0.358. The maximum atomic E-state index is 13.2. The number of nitrogens with zero attached hydrogens (tertiary/aromatic N) is 1. The van der Waals surface area contributed by atoms with Gasteiger partial charge in [0.2, 0.25) is 0 Å². The van der Waals surface area contributed by atoms with Gasteiger partial charge in [0.05, 0.1) is 24.3 Å².